The molecule has 0 saturated carbocycles. The lowest BCUT2D eigenvalue weighted by atomic mass is 10.1. The van der Waals surface area contributed by atoms with Crippen LogP contribution in [-0.2, 0) is 19.5 Å². The number of aliphatic imine (C=N–C) groups is 1. The highest BCUT2D eigenvalue weighted by molar-refractivity contribution is 14.0. The minimum absolute atomic E-state index is 0. The molecule has 1 heterocycles. The topological polar surface area (TPSA) is 68.2 Å². The van der Waals surface area contributed by atoms with Gasteiger partial charge in [-0.3, -0.25) is 0 Å². The van der Waals surface area contributed by atoms with Crippen LogP contribution in [0.1, 0.15) is 17.0 Å². The van der Waals surface area contributed by atoms with Crippen molar-refractivity contribution in [1.82, 2.24) is 14.9 Å². The first-order valence-corrected chi connectivity index (χ1v) is 8.43. The van der Waals surface area contributed by atoms with Gasteiger partial charge in [-0.2, -0.15) is 0 Å². The highest BCUT2D eigenvalue weighted by Crippen LogP contribution is 2.06. The maximum atomic E-state index is 5.96. The Labute approximate surface area is 171 Å². The van der Waals surface area contributed by atoms with E-state index in [1.807, 2.05) is 42.6 Å². The summed E-state index contributed by atoms with van der Waals surface area (Å²) >= 11 is 0. The lowest BCUT2D eigenvalue weighted by Gasteiger charge is -2.08. The zero-order valence-electron chi connectivity index (χ0n) is 14.6. The molecular formula is C20H24IN5. The van der Waals surface area contributed by atoms with Crippen LogP contribution in [0.2, 0.25) is 0 Å². The molecule has 0 radical (unpaired) electrons. The van der Waals surface area contributed by atoms with E-state index >= 15 is 0 Å². The summed E-state index contributed by atoms with van der Waals surface area (Å²) in [5.41, 5.74) is 8.47. The SMILES string of the molecule is I.NC(=NCc1nccn1Cc1ccccc1)NCCc1ccccc1. The minimum Gasteiger partial charge on any atom is -0.370 e. The summed E-state index contributed by atoms with van der Waals surface area (Å²) < 4.78 is 2.09. The Hall–Kier alpha value is -2.35. The van der Waals surface area contributed by atoms with Crippen LogP contribution < -0.4 is 11.1 Å². The second-order valence-electron chi connectivity index (χ2n) is 5.82. The lowest BCUT2D eigenvalue weighted by Crippen LogP contribution is -2.33. The van der Waals surface area contributed by atoms with E-state index < -0.39 is 0 Å². The van der Waals surface area contributed by atoms with Crippen LogP contribution in [0.3, 0.4) is 0 Å². The van der Waals surface area contributed by atoms with Crippen LogP contribution in [0.5, 0.6) is 0 Å². The Bertz CT molecular complexity index is 799. The van der Waals surface area contributed by atoms with Crippen molar-refractivity contribution in [2.24, 2.45) is 10.7 Å². The van der Waals surface area contributed by atoms with Crippen molar-refractivity contribution in [2.75, 3.05) is 6.54 Å². The van der Waals surface area contributed by atoms with Crippen molar-refractivity contribution >= 4 is 29.9 Å². The van der Waals surface area contributed by atoms with E-state index in [4.69, 9.17) is 5.73 Å². The van der Waals surface area contributed by atoms with Crippen molar-refractivity contribution < 1.29 is 0 Å². The highest BCUT2D eigenvalue weighted by Gasteiger charge is 2.03. The number of guanidine groups is 1. The number of nitrogens with one attached hydrogen (secondary N) is 1. The molecule has 0 amide bonds. The average molecular weight is 461 g/mol. The van der Waals surface area contributed by atoms with Crippen LogP contribution in [0.4, 0.5) is 0 Å². The number of benzene rings is 2. The van der Waals surface area contributed by atoms with E-state index in [1.54, 1.807) is 6.20 Å². The van der Waals surface area contributed by atoms with Gasteiger partial charge in [-0.1, -0.05) is 60.7 Å². The van der Waals surface area contributed by atoms with Gasteiger partial charge in [0, 0.05) is 25.5 Å². The summed E-state index contributed by atoms with van der Waals surface area (Å²) in [4.78, 5) is 8.78. The molecule has 0 bridgehead atoms. The molecule has 2 aromatic carbocycles. The van der Waals surface area contributed by atoms with Gasteiger partial charge in [0.25, 0.3) is 0 Å². The standard InChI is InChI=1S/C20H23N5.HI/c21-20(23-12-11-17-7-3-1-4-8-17)24-15-19-22-13-14-25(19)16-18-9-5-2-6-10-18;/h1-10,13-14H,11-12,15-16H2,(H3,21,23,24);1H. The summed E-state index contributed by atoms with van der Waals surface area (Å²) in [6, 6.07) is 20.6. The number of imidazole rings is 1. The van der Waals surface area contributed by atoms with E-state index in [2.05, 4.69) is 44.1 Å². The van der Waals surface area contributed by atoms with Crippen LogP contribution in [0, 0.1) is 0 Å². The van der Waals surface area contributed by atoms with Gasteiger partial charge >= 0.3 is 0 Å². The molecule has 6 heteroatoms. The minimum atomic E-state index is 0. The first-order chi connectivity index (χ1) is 12.3. The Morgan fingerprint density at radius 2 is 1.65 bits per heavy atom. The molecule has 136 valence electrons. The maximum absolute atomic E-state index is 5.96. The summed E-state index contributed by atoms with van der Waals surface area (Å²) in [7, 11) is 0. The molecule has 0 aliphatic heterocycles. The third kappa shape index (κ3) is 6.18. The Kier molecular flexibility index (Phi) is 8.14. The zero-order chi connectivity index (χ0) is 17.3. The van der Waals surface area contributed by atoms with E-state index in [0.717, 1.165) is 25.3 Å². The number of halogens is 1. The van der Waals surface area contributed by atoms with Gasteiger partial charge in [0.05, 0.1) is 0 Å². The molecular weight excluding hydrogens is 437 g/mol. The normalized spacial score (nSPS) is 11.0. The first kappa shape index (κ1) is 20.0. The zero-order valence-corrected chi connectivity index (χ0v) is 16.9. The molecule has 0 unspecified atom stereocenters. The largest absolute Gasteiger partial charge is 0.370 e. The Morgan fingerprint density at radius 3 is 2.35 bits per heavy atom. The molecule has 3 rings (SSSR count). The fourth-order valence-electron chi connectivity index (χ4n) is 2.61. The van der Waals surface area contributed by atoms with E-state index in [0.29, 0.717) is 12.5 Å². The fraction of sp³-hybridized carbons (Fsp3) is 0.200. The molecule has 0 saturated heterocycles. The number of hydrogen-bond acceptors (Lipinski definition) is 2. The van der Waals surface area contributed by atoms with Gasteiger partial charge in [0.1, 0.15) is 12.4 Å². The number of aromatic nitrogens is 2. The molecule has 3 N–H and O–H groups in total. The van der Waals surface area contributed by atoms with E-state index in [-0.39, 0.29) is 24.0 Å². The lowest BCUT2D eigenvalue weighted by molar-refractivity contribution is 0.721. The van der Waals surface area contributed by atoms with Gasteiger partial charge in [0.2, 0.25) is 0 Å². The van der Waals surface area contributed by atoms with Crippen LogP contribution in [0.25, 0.3) is 0 Å². The Morgan fingerprint density at radius 1 is 1.00 bits per heavy atom. The van der Waals surface area contributed by atoms with Crippen molar-refractivity contribution in [1.29, 1.82) is 0 Å². The molecule has 0 atom stereocenters. The molecule has 0 fully saturated rings. The van der Waals surface area contributed by atoms with Gasteiger partial charge in [-0.25, -0.2) is 9.98 Å². The van der Waals surface area contributed by atoms with E-state index in [1.165, 1.54) is 11.1 Å². The summed E-state index contributed by atoms with van der Waals surface area (Å²) in [5, 5.41) is 3.15. The molecule has 0 aliphatic carbocycles. The molecule has 0 aliphatic rings. The van der Waals surface area contributed by atoms with Crippen LogP contribution in [-0.4, -0.2) is 22.1 Å². The predicted molar refractivity (Wildman–Crippen MR) is 117 cm³/mol. The van der Waals surface area contributed by atoms with Crippen molar-refractivity contribution in [3.05, 3.63) is 90.0 Å². The van der Waals surface area contributed by atoms with Crippen LogP contribution in [0.15, 0.2) is 78.0 Å². The number of rotatable bonds is 7. The molecule has 26 heavy (non-hydrogen) atoms. The van der Waals surface area contributed by atoms with Gasteiger partial charge in [-0.05, 0) is 17.5 Å². The highest BCUT2D eigenvalue weighted by atomic mass is 127. The van der Waals surface area contributed by atoms with Gasteiger partial charge < -0.3 is 15.6 Å². The Balaban J connectivity index is 0.00000243. The monoisotopic (exact) mass is 461 g/mol. The fourth-order valence-corrected chi connectivity index (χ4v) is 2.61. The molecule has 1 aromatic heterocycles. The number of hydrogen-bond donors (Lipinski definition) is 2. The quantitative estimate of drug-likeness (QED) is 0.323. The van der Waals surface area contributed by atoms with Crippen molar-refractivity contribution in [3.63, 3.8) is 0 Å². The smallest absolute Gasteiger partial charge is 0.189 e. The first-order valence-electron chi connectivity index (χ1n) is 8.43. The summed E-state index contributed by atoms with van der Waals surface area (Å²) in [5.74, 6) is 1.35. The molecule has 0 spiro atoms. The second-order valence-corrected chi connectivity index (χ2v) is 5.82. The second kappa shape index (κ2) is 10.6. The van der Waals surface area contributed by atoms with Crippen molar-refractivity contribution in [2.45, 2.75) is 19.5 Å². The third-order valence-electron chi connectivity index (χ3n) is 3.95. The van der Waals surface area contributed by atoms with Gasteiger partial charge in [0.15, 0.2) is 5.96 Å². The summed E-state index contributed by atoms with van der Waals surface area (Å²) in [6.45, 7) is 2.01. The van der Waals surface area contributed by atoms with Crippen molar-refractivity contribution in [3.8, 4) is 0 Å². The molecule has 3 aromatic rings. The average Bonchev–Trinajstić information content (AvgIpc) is 3.09. The predicted octanol–water partition coefficient (Wildman–Crippen LogP) is 3.20. The molecule has 5 nitrogen and oxygen atoms in total. The third-order valence-corrected chi connectivity index (χ3v) is 3.95. The summed E-state index contributed by atoms with van der Waals surface area (Å²) in [6.07, 6.45) is 4.68. The van der Waals surface area contributed by atoms with E-state index in [9.17, 15) is 0 Å². The maximum Gasteiger partial charge on any atom is 0.189 e. The number of nitrogens with zero attached hydrogens (tertiary/aromatic N) is 3. The van der Waals surface area contributed by atoms with Crippen LogP contribution >= 0.6 is 24.0 Å². The van der Waals surface area contributed by atoms with Gasteiger partial charge in [-0.15, -0.1) is 24.0 Å². The number of nitrogens with two attached hydrogens (primary N) is 1.